The molecule has 0 aliphatic carbocycles. The highest BCUT2D eigenvalue weighted by atomic mass is 79.9. The largest absolute Gasteiger partial charge is 0.369 e. The van der Waals surface area contributed by atoms with Crippen LogP contribution in [0, 0.1) is 6.92 Å². The van der Waals surface area contributed by atoms with Gasteiger partial charge in [0.25, 0.3) is 0 Å². The molecule has 0 spiro atoms. The molecule has 1 aliphatic heterocycles. The van der Waals surface area contributed by atoms with E-state index in [0.717, 1.165) is 23.2 Å². The van der Waals surface area contributed by atoms with Crippen LogP contribution in [0.3, 0.4) is 0 Å². The van der Waals surface area contributed by atoms with Crippen molar-refractivity contribution in [2.24, 2.45) is 10.7 Å². The van der Waals surface area contributed by atoms with Gasteiger partial charge < -0.3 is 10.6 Å². The van der Waals surface area contributed by atoms with Gasteiger partial charge in [-0.2, -0.15) is 0 Å². The van der Waals surface area contributed by atoms with Crippen LogP contribution in [0.5, 0.6) is 0 Å². The van der Waals surface area contributed by atoms with Crippen LogP contribution < -0.4 is 5.73 Å². The first-order chi connectivity index (χ1) is 8.16. The molecular formula is C13H18BrN3. The molecule has 4 heteroatoms. The highest BCUT2D eigenvalue weighted by molar-refractivity contribution is 9.10. The zero-order chi connectivity index (χ0) is 12.3. The quantitative estimate of drug-likeness (QED) is 0.639. The Kier molecular flexibility index (Phi) is 4.05. The van der Waals surface area contributed by atoms with Crippen LogP contribution in [0.2, 0.25) is 0 Å². The lowest BCUT2D eigenvalue weighted by atomic mass is 10.1. The molecule has 0 unspecified atom stereocenters. The predicted octanol–water partition coefficient (Wildman–Crippen LogP) is 3.19. The summed E-state index contributed by atoms with van der Waals surface area (Å²) in [7, 11) is 0. The molecule has 0 amide bonds. The van der Waals surface area contributed by atoms with Crippen LogP contribution in [-0.4, -0.2) is 23.9 Å². The Hall–Kier alpha value is -1.03. The average molecular weight is 296 g/mol. The second kappa shape index (κ2) is 5.54. The molecule has 17 heavy (non-hydrogen) atoms. The molecule has 92 valence electrons. The van der Waals surface area contributed by atoms with E-state index in [1.165, 1.54) is 24.8 Å². The van der Waals surface area contributed by atoms with Crippen LogP contribution in [0.15, 0.2) is 27.7 Å². The van der Waals surface area contributed by atoms with E-state index in [1.807, 2.05) is 18.2 Å². The summed E-state index contributed by atoms with van der Waals surface area (Å²) in [5.41, 5.74) is 8.14. The fourth-order valence-corrected chi connectivity index (χ4v) is 2.27. The molecule has 0 bridgehead atoms. The summed E-state index contributed by atoms with van der Waals surface area (Å²) in [6.45, 7) is 4.12. The maximum absolute atomic E-state index is 6.03. The Morgan fingerprint density at radius 2 is 2.00 bits per heavy atom. The van der Waals surface area contributed by atoms with E-state index in [9.17, 15) is 0 Å². The normalized spacial score (nSPS) is 17.3. The molecule has 1 heterocycles. The fourth-order valence-electron chi connectivity index (χ4n) is 2.02. The van der Waals surface area contributed by atoms with Gasteiger partial charge in [-0.15, -0.1) is 0 Å². The van der Waals surface area contributed by atoms with E-state index in [0.29, 0.717) is 5.96 Å². The molecule has 2 rings (SSSR count). The van der Waals surface area contributed by atoms with Gasteiger partial charge in [0, 0.05) is 17.6 Å². The zero-order valence-corrected chi connectivity index (χ0v) is 11.7. The van der Waals surface area contributed by atoms with Crippen LogP contribution in [0.1, 0.15) is 24.8 Å². The molecule has 1 aliphatic rings. The zero-order valence-electron chi connectivity index (χ0n) is 10.1. The number of benzene rings is 1. The topological polar surface area (TPSA) is 41.6 Å². The highest BCUT2D eigenvalue weighted by Crippen LogP contribution is 2.22. The van der Waals surface area contributed by atoms with E-state index in [4.69, 9.17) is 5.73 Å². The Morgan fingerprint density at radius 3 is 2.65 bits per heavy atom. The van der Waals surface area contributed by atoms with Gasteiger partial charge in [-0.3, -0.25) is 0 Å². The van der Waals surface area contributed by atoms with Crippen molar-refractivity contribution in [3.63, 3.8) is 0 Å². The number of halogens is 1. The third-order valence-electron chi connectivity index (χ3n) is 3.07. The number of piperidine rings is 1. The van der Waals surface area contributed by atoms with Gasteiger partial charge in [-0.1, -0.05) is 15.9 Å². The molecule has 1 aromatic rings. The number of aryl methyl sites for hydroxylation is 1. The summed E-state index contributed by atoms with van der Waals surface area (Å²) in [6, 6.07) is 6.03. The van der Waals surface area contributed by atoms with E-state index in [1.54, 1.807) is 0 Å². The van der Waals surface area contributed by atoms with Gasteiger partial charge >= 0.3 is 0 Å². The van der Waals surface area contributed by atoms with Gasteiger partial charge in [0.05, 0.1) is 5.69 Å². The first-order valence-corrected chi connectivity index (χ1v) is 6.81. The lowest BCUT2D eigenvalue weighted by Gasteiger charge is -2.27. The van der Waals surface area contributed by atoms with Crippen molar-refractivity contribution < 1.29 is 0 Å². The molecule has 0 saturated carbocycles. The number of guanidine groups is 1. The van der Waals surface area contributed by atoms with Crippen LogP contribution in [0.25, 0.3) is 0 Å². The second-order valence-corrected chi connectivity index (χ2v) is 5.31. The van der Waals surface area contributed by atoms with Crippen molar-refractivity contribution >= 4 is 27.6 Å². The number of nitrogens with zero attached hydrogens (tertiary/aromatic N) is 2. The Bertz CT molecular complexity index is 423. The van der Waals surface area contributed by atoms with Gasteiger partial charge in [0.1, 0.15) is 0 Å². The fraction of sp³-hybridized carbons (Fsp3) is 0.462. The molecule has 0 atom stereocenters. The highest BCUT2D eigenvalue weighted by Gasteiger charge is 2.11. The van der Waals surface area contributed by atoms with Crippen molar-refractivity contribution in [1.82, 2.24) is 4.90 Å². The summed E-state index contributed by atoms with van der Waals surface area (Å²) < 4.78 is 1.10. The van der Waals surface area contributed by atoms with E-state index >= 15 is 0 Å². The average Bonchev–Trinajstić information content (AvgIpc) is 2.35. The minimum Gasteiger partial charge on any atom is -0.369 e. The molecule has 1 fully saturated rings. The SMILES string of the molecule is Cc1cc(N=C(N)N2CCCCC2)ccc1Br. The molecule has 2 N–H and O–H groups in total. The molecular weight excluding hydrogens is 278 g/mol. The van der Waals surface area contributed by atoms with Crippen molar-refractivity contribution in [2.45, 2.75) is 26.2 Å². The molecule has 1 saturated heterocycles. The van der Waals surface area contributed by atoms with Gasteiger partial charge in [0.15, 0.2) is 5.96 Å². The minimum atomic E-state index is 0.645. The molecule has 0 radical (unpaired) electrons. The number of nitrogens with two attached hydrogens (primary N) is 1. The molecule has 1 aromatic carbocycles. The lowest BCUT2D eigenvalue weighted by Crippen LogP contribution is -2.40. The standard InChI is InChI=1S/C13H18BrN3/c1-10-9-11(5-6-12(10)14)16-13(15)17-7-3-2-4-8-17/h5-6,9H,2-4,7-8H2,1H3,(H2,15,16). The second-order valence-electron chi connectivity index (χ2n) is 4.45. The summed E-state index contributed by atoms with van der Waals surface area (Å²) in [6.07, 6.45) is 3.74. The van der Waals surface area contributed by atoms with Crippen molar-refractivity contribution in [2.75, 3.05) is 13.1 Å². The van der Waals surface area contributed by atoms with E-state index in [-0.39, 0.29) is 0 Å². The summed E-state index contributed by atoms with van der Waals surface area (Å²) in [5.74, 6) is 0.645. The third-order valence-corrected chi connectivity index (χ3v) is 3.95. The molecule has 0 aromatic heterocycles. The lowest BCUT2D eigenvalue weighted by molar-refractivity contribution is 0.339. The maximum Gasteiger partial charge on any atom is 0.196 e. The number of rotatable bonds is 1. The first kappa shape index (κ1) is 12.4. The van der Waals surface area contributed by atoms with Crippen molar-refractivity contribution in [3.05, 3.63) is 28.2 Å². The monoisotopic (exact) mass is 295 g/mol. The Balaban J connectivity index is 2.13. The summed E-state index contributed by atoms with van der Waals surface area (Å²) >= 11 is 3.48. The van der Waals surface area contributed by atoms with Crippen molar-refractivity contribution in [1.29, 1.82) is 0 Å². The maximum atomic E-state index is 6.03. The van der Waals surface area contributed by atoms with Crippen molar-refractivity contribution in [3.8, 4) is 0 Å². The summed E-state index contributed by atoms with van der Waals surface area (Å²) in [5, 5.41) is 0. The van der Waals surface area contributed by atoms with E-state index < -0.39 is 0 Å². The third kappa shape index (κ3) is 3.22. The number of aliphatic imine (C=N–C) groups is 1. The Labute approximate surface area is 111 Å². The van der Waals surface area contributed by atoms with Gasteiger partial charge in [-0.05, 0) is 49.9 Å². The number of hydrogen-bond donors (Lipinski definition) is 1. The summed E-state index contributed by atoms with van der Waals surface area (Å²) in [4.78, 5) is 6.65. The van der Waals surface area contributed by atoms with Gasteiger partial charge in [0.2, 0.25) is 0 Å². The predicted molar refractivity (Wildman–Crippen MR) is 75.6 cm³/mol. The minimum absolute atomic E-state index is 0.645. The van der Waals surface area contributed by atoms with Crippen LogP contribution in [-0.2, 0) is 0 Å². The number of hydrogen-bond acceptors (Lipinski definition) is 1. The van der Waals surface area contributed by atoms with Crippen LogP contribution >= 0.6 is 15.9 Å². The smallest absolute Gasteiger partial charge is 0.196 e. The van der Waals surface area contributed by atoms with E-state index in [2.05, 4.69) is 32.7 Å². The molecule has 3 nitrogen and oxygen atoms in total. The first-order valence-electron chi connectivity index (χ1n) is 6.02. The van der Waals surface area contributed by atoms with Gasteiger partial charge in [-0.25, -0.2) is 4.99 Å². The van der Waals surface area contributed by atoms with Crippen LogP contribution in [0.4, 0.5) is 5.69 Å². The Morgan fingerprint density at radius 1 is 1.29 bits per heavy atom. The number of likely N-dealkylation sites (tertiary alicyclic amines) is 1.